The third-order valence-electron chi connectivity index (χ3n) is 3.56. The van der Waals surface area contributed by atoms with Crippen LogP contribution in [-0.4, -0.2) is 36.1 Å². The molecule has 0 saturated heterocycles. The maximum absolute atomic E-state index is 11.7. The number of carbonyl (C=O) groups excluding carboxylic acids is 1. The Morgan fingerprint density at radius 3 is 2.58 bits per heavy atom. The number of aromatic nitrogens is 2. The highest BCUT2D eigenvalue weighted by Crippen LogP contribution is 2.26. The Kier molecular flexibility index (Phi) is 5.98. The van der Waals surface area contributed by atoms with Crippen LogP contribution in [0.25, 0.3) is 0 Å². The first kappa shape index (κ1) is 18.0. The molecule has 0 radical (unpaired) electrons. The summed E-state index contributed by atoms with van der Waals surface area (Å²) in [5, 5.41) is 3.56. The van der Waals surface area contributed by atoms with Gasteiger partial charge < -0.3 is 15.0 Å². The molecule has 0 atom stereocenters. The first-order valence-corrected chi connectivity index (χ1v) is 8.11. The van der Waals surface area contributed by atoms with Crippen LogP contribution in [0.5, 0.6) is 0 Å². The van der Waals surface area contributed by atoms with Crippen molar-refractivity contribution in [2.45, 2.75) is 20.8 Å². The second-order valence-electron chi connectivity index (χ2n) is 5.17. The largest absolute Gasteiger partial charge is 0.465 e. The Morgan fingerprint density at radius 2 is 1.96 bits per heavy atom. The molecule has 6 nitrogen and oxygen atoms in total. The fraction of sp³-hybridized carbons (Fsp3) is 0.353. The molecule has 0 spiro atoms. The monoisotopic (exact) mass is 348 g/mol. The molecule has 0 aliphatic rings. The molecule has 0 amide bonds. The number of hydrogen-bond acceptors (Lipinski definition) is 6. The lowest BCUT2D eigenvalue weighted by atomic mass is 10.2. The number of esters is 1. The minimum Gasteiger partial charge on any atom is -0.465 e. The summed E-state index contributed by atoms with van der Waals surface area (Å²) in [6.45, 7) is 7.76. The van der Waals surface area contributed by atoms with Crippen molar-refractivity contribution in [1.29, 1.82) is 0 Å². The number of rotatable bonds is 6. The minimum atomic E-state index is -0.427. The summed E-state index contributed by atoms with van der Waals surface area (Å²) in [6.07, 6.45) is 0. The summed E-state index contributed by atoms with van der Waals surface area (Å²) in [7, 11) is 1.34. The van der Waals surface area contributed by atoms with E-state index in [4.69, 9.17) is 16.3 Å². The zero-order valence-corrected chi connectivity index (χ0v) is 15.0. The molecule has 1 N–H and O–H groups in total. The zero-order valence-electron chi connectivity index (χ0n) is 14.3. The van der Waals surface area contributed by atoms with E-state index in [9.17, 15) is 4.79 Å². The molecule has 0 fully saturated rings. The third kappa shape index (κ3) is 4.14. The quantitative estimate of drug-likeness (QED) is 0.800. The lowest BCUT2D eigenvalue weighted by molar-refractivity contribution is 0.0601. The topological polar surface area (TPSA) is 67.4 Å². The number of nitrogens with one attached hydrogen (secondary N) is 1. The van der Waals surface area contributed by atoms with Crippen LogP contribution in [0.2, 0.25) is 5.02 Å². The van der Waals surface area contributed by atoms with Crippen molar-refractivity contribution in [3.63, 3.8) is 0 Å². The fourth-order valence-electron chi connectivity index (χ4n) is 2.30. The highest BCUT2D eigenvalue weighted by molar-refractivity contribution is 6.33. The molecule has 0 aliphatic heterocycles. The van der Waals surface area contributed by atoms with E-state index in [-0.39, 0.29) is 0 Å². The van der Waals surface area contributed by atoms with E-state index in [2.05, 4.69) is 34.0 Å². The van der Waals surface area contributed by atoms with Gasteiger partial charge in [-0.25, -0.2) is 9.78 Å². The third-order valence-corrected chi connectivity index (χ3v) is 3.89. The van der Waals surface area contributed by atoms with E-state index in [0.29, 0.717) is 22.2 Å². The molecule has 1 aromatic heterocycles. The average molecular weight is 349 g/mol. The number of halogens is 1. The van der Waals surface area contributed by atoms with Crippen LogP contribution in [0, 0.1) is 6.92 Å². The maximum Gasteiger partial charge on any atom is 0.337 e. The zero-order chi connectivity index (χ0) is 17.7. The van der Waals surface area contributed by atoms with E-state index >= 15 is 0 Å². The van der Waals surface area contributed by atoms with Gasteiger partial charge in [0.15, 0.2) is 0 Å². The second-order valence-corrected chi connectivity index (χ2v) is 5.58. The van der Waals surface area contributed by atoms with Crippen molar-refractivity contribution >= 4 is 35.0 Å². The van der Waals surface area contributed by atoms with Crippen LogP contribution in [0.3, 0.4) is 0 Å². The van der Waals surface area contributed by atoms with Crippen molar-refractivity contribution in [3.8, 4) is 0 Å². The Labute approximate surface area is 146 Å². The summed E-state index contributed by atoms with van der Waals surface area (Å²) < 4.78 is 4.73. The lowest BCUT2D eigenvalue weighted by Gasteiger charge is -2.20. The normalized spacial score (nSPS) is 10.4. The first-order valence-electron chi connectivity index (χ1n) is 7.74. The van der Waals surface area contributed by atoms with Gasteiger partial charge in [0.2, 0.25) is 5.95 Å². The maximum atomic E-state index is 11.7. The summed E-state index contributed by atoms with van der Waals surface area (Å²) in [6, 6.07) is 6.80. The molecular weight excluding hydrogens is 328 g/mol. The molecule has 7 heteroatoms. The SMILES string of the molecule is CCN(CC)c1cc(C)nc(Nc2cc(C(=O)OC)ccc2Cl)n1. The summed E-state index contributed by atoms with van der Waals surface area (Å²) >= 11 is 6.21. The van der Waals surface area contributed by atoms with E-state index < -0.39 is 5.97 Å². The number of hydrogen-bond donors (Lipinski definition) is 1. The van der Waals surface area contributed by atoms with Crippen molar-refractivity contribution in [2.75, 3.05) is 30.4 Å². The summed E-state index contributed by atoms with van der Waals surface area (Å²) in [5.41, 5.74) is 1.80. The predicted molar refractivity (Wildman–Crippen MR) is 96.4 cm³/mol. The standard InChI is InChI=1S/C17H21ClN4O2/c1-5-22(6-2)15-9-11(3)19-17(21-15)20-14-10-12(16(23)24-4)7-8-13(14)18/h7-10H,5-6H2,1-4H3,(H,19,20,21). The van der Waals surface area contributed by atoms with Crippen molar-refractivity contribution < 1.29 is 9.53 Å². The molecule has 24 heavy (non-hydrogen) atoms. The van der Waals surface area contributed by atoms with E-state index in [1.165, 1.54) is 7.11 Å². The minimum absolute atomic E-state index is 0.404. The van der Waals surface area contributed by atoms with Crippen LogP contribution in [0.4, 0.5) is 17.5 Å². The van der Waals surface area contributed by atoms with Gasteiger partial charge in [0.1, 0.15) is 5.82 Å². The van der Waals surface area contributed by atoms with Crippen molar-refractivity contribution in [2.24, 2.45) is 0 Å². The molecule has 128 valence electrons. The number of aryl methyl sites for hydroxylation is 1. The van der Waals surface area contributed by atoms with E-state index in [1.54, 1.807) is 18.2 Å². The van der Waals surface area contributed by atoms with Gasteiger partial charge in [-0.1, -0.05) is 11.6 Å². The fourth-order valence-corrected chi connectivity index (χ4v) is 2.47. The van der Waals surface area contributed by atoms with Gasteiger partial charge in [-0.3, -0.25) is 0 Å². The Balaban J connectivity index is 2.35. The van der Waals surface area contributed by atoms with Crippen LogP contribution in [0.15, 0.2) is 24.3 Å². The smallest absolute Gasteiger partial charge is 0.337 e. The Bertz CT molecular complexity index is 733. The lowest BCUT2D eigenvalue weighted by Crippen LogP contribution is -2.23. The number of anilines is 3. The van der Waals surface area contributed by atoms with Gasteiger partial charge in [-0.2, -0.15) is 4.98 Å². The molecule has 2 rings (SSSR count). The molecule has 2 aromatic rings. The summed E-state index contributed by atoms with van der Waals surface area (Å²) in [5.74, 6) is 0.847. The van der Waals surface area contributed by atoms with Crippen LogP contribution >= 0.6 is 11.6 Å². The molecule has 0 aliphatic carbocycles. The number of benzene rings is 1. The first-order chi connectivity index (χ1) is 11.5. The van der Waals surface area contributed by atoms with Crippen LogP contribution in [0.1, 0.15) is 29.9 Å². The van der Waals surface area contributed by atoms with E-state index in [0.717, 1.165) is 24.6 Å². The Morgan fingerprint density at radius 1 is 1.25 bits per heavy atom. The van der Waals surface area contributed by atoms with Gasteiger partial charge in [-0.15, -0.1) is 0 Å². The van der Waals surface area contributed by atoms with Gasteiger partial charge in [-0.05, 0) is 39.0 Å². The second kappa shape index (κ2) is 7.97. The predicted octanol–water partition coefficient (Wildman–Crippen LogP) is 3.81. The van der Waals surface area contributed by atoms with Gasteiger partial charge >= 0.3 is 5.97 Å². The van der Waals surface area contributed by atoms with Gasteiger partial charge in [0.25, 0.3) is 0 Å². The van der Waals surface area contributed by atoms with Crippen LogP contribution < -0.4 is 10.2 Å². The van der Waals surface area contributed by atoms with E-state index in [1.807, 2.05) is 13.0 Å². The number of ether oxygens (including phenoxy) is 1. The number of carbonyl (C=O) groups is 1. The highest BCUT2D eigenvalue weighted by atomic mass is 35.5. The van der Waals surface area contributed by atoms with Crippen molar-refractivity contribution in [3.05, 3.63) is 40.5 Å². The molecule has 0 bridgehead atoms. The molecule has 0 saturated carbocycles. The molecular formula is C17H21ClN4O2. The number of nitrogens with zero attached hydrogens (tertiary/aromatic N) is 3. The molecule has 0 unspecified atom stereocenters. The number of methoxy groups -OCH3 is 1. The van der Waals surface area contributed by atoms with Crippen LogP contribution in [-0.2, 0) is 4.74 Å². The van der Waals surface area contributed by atoms with Gasteiger partial charge in [0.05, 0.1) is 23.4 Å². The highest BCUT2D eigenvalue weighted by Gasteiger charge is 2.12. The van der Waals surface area contributed by atoms with Gasteiger partial charge in [0, 0.05) is 24.8 Å². The average Bonchev–Trinajstić information content (AvgIpc) is 2.57. The molecule has 1 heterocycles. The van der Waals surface area contributed by atoms with Crippen molar-refractivity contribution in [1.82, 2.24) is 9.97 Å². The summed E-state index contributed by atoms with van der Waals surface area (Å²) in [4.78, 5) is 22.7. The Hall–Kier alpha value is -2.34. The molecule has 1 aromatic carbocycles.